The first-order valence-electron chi connectivity index (χ1n) is 10.6. The van der Waals surface area contributed by atoms with E-state index in [2.05, 4.69) is 11.4 Å². The first kappa shape index (κ1) is 20.9. The Morgan fingerprint density at radius 2 is 1.73 bits per heavy atom. The Bertz CT molecular complexity index is 1470. The summed E-state index contributed by atoms with van der Waals surface area (Å²) in [6.45, 7) is -0.604. The lowest BCUT2D eigenvalue weighted by molar-refractivity contribution is -0.147. The number of nitrogens with zero attached hydrogens (tertiary/aromatic N) is 2. The van der Waals surface area contributed by atoms with Gasteiger partial charge in [-0.05, 0) is 49.1 Å². The fraction of sp³-hybridized carbons (Fsp3) is 0.200. The smallest absolute Gasteiger partial charge is 0.326 e. The number of amides is 1. The van der Waals surface area contributed by atoms with E-state index in [4.69, 9.17) is 4.74 Å². The molecule has 0 bridgehead atoms. The summed E-state index contributed by atoms with van der Waals surface area (Å²) in [4.78, 5) is 39.0. The normalized spacial score (nSPS) is 12.5. The number of aryl methyl sites for hydroxylation is 1. The second-order valence-corrected chi connectivity index (χ2v) is 8.94. The number of carbonyl (C=O) groups excluding carboxylic acids is 2. The number of anilines is 1. The molecular weight excluding hydrogens is 438 g/mol. The molecule has 5 rings (SSSR count). The molecule has 0 saturated heterocycles. The van der Waals surface area contributed by atoms with Crippen LogP contribution in [-0.2, 0) is 33.7 Å². The van der Waals surface area contributed by atoms with Gasteiger partial charge in [0.05, 0.1) is 16.6 Å². The molecule has 1 N–H and O–H groups in total. The van der Waals surface area contributed by atoms with Gasteiger partial charge in [0.15, 0.2) is 12.0 Å². The van der Waals surface area contributed by atoms with Crippen molar-refractivity contribution in [2.24, 2.45) is 0 Å². The molecule has 164 valence electrons. The average Bonchev–Trinajstić information content (AvgIpc) is 3.41. The Balaban J connectivity index is 1.33. The largest absolute Gasteiger partial charge is 0.454 e. The van der Waals surface area contributed by atoms with E-state index in [1.807, 2.05) is 0 Å². The Hall–Kier alpha value is -3.96. The van der Waals surface area contributed by atoms with Crippen LogP contribution in [0.2, 0.25) is 0 Å². The molecule has 0 fully saturated rings. The Kier molecular flexibility index (Phi) is 5.40. The van der Waals surface area contributed by atoms with E-state index in [9.17, 15) is 19.6 Å². The van der Waals surface area contributed by atoms with Gasteiger partial charge in [-0.3, -0.25) is 14.4 Å². The molecule has 0 atom stereocenters. The zero-order valence-corrected chi connectivity index (χ0v) is 18.4. The first-order valence-corrected chi connectivity index (χ1v) is 11.4. The van der Waals surface area contributed by atoms with E-state index in [0.717, 1.165) is 29.7 Å². The molecule has 0 saturated carbocycles. The van der Waals surface area contributed by atoms with Gasteiger partial charge in [0.25, 0.3) is 5.91 Å². The minimum atomic E-state index is -0.599. The zero-order valence-electron chi connectivity index (χ0n) is 17.6. The number of ether oxygens (including phenoxy) is 1. The summed E-state index contributed by atoms with van der Waals surface area (Å²) in [5, 5.41) is 13.7. The fourth-order valence-electron chi connectivity index (χ4n) is 4.34. The number of rotatable bonds is 5. The minimum absolute atomic E-state index is 0.0960. The third-order valence-electron chi connectivity index (χ3n) is 5.82. The summed E-state index contributed by atoms with van der Waals surface area (Å²) in [6, 6.07) is 16.4. The van der Waals surface area contributed by atoms with Crippen molar-refractivity contribution in [3.05, 3.63) is 74.8 Å². The van der Waals surface area contributed by atoms with E-state index >= 15 is 0 Å². The molecule has 0 radical (unpaired) electrons. The summed E-state index contributed by atoms with van der Waals surface area (Å²) in [7, 11) is 0. The molecule has 2 aromatic carbocycles. The van der Waals surface area contributed by atoms with Gasteiger partial charge in [-0.2, -0.15) is 5.26 Å². The molecule has 1 aliphatic carbocycles. The van der Waals surface area contributed by atoms with E-state index in [1.165, 1.54) is 11.3 Å². The van der Waals surface area contributed by atoms with Crippen molar-refractivity contribution in [2.45, 2.75) is 25.8 Å². The number of para-hydroxylation sites is 2. The van der Waals surface area contributed by atoms with Crippen LogP contribution in [0.15, 0.2) is 53.3 Å². The first-order chi connectivity index (χ1) is 16.1. The third kappa shape index (κ3) is 3.77. The number of nitriles is 1. The number of hydrogen-bond acceptors (Lipinski definition) is 6. The number of thiophene rings is 1. The Morgan fingerprint density at radius 3 is 2.39 bits per heavy atom. The maximum absolute atomic E-state index is 12.8. The molecule has 0 spiro atoms. The van der Waals surface area contributed by atoms with Crippen LogP contribution in [0.5, 0.6) is 0 Å². The van der Waals surface area contributed by atoms with Crippen LogP contribution in [0.3, 0.4) is 0 Å². The van der Waals surface area contributed by atoms with Crippen molar-refractivity contribution >= 4 is 50.0 Å². The fourth-order valence-corrected chi connectivity index (χ4v) is 5.60. The predicted molar refractivity (Wildman–Crippen MR) is 126 cm³/mol. The van der Waals surface area contributed by atoms with Crippen LogP contribution in [-0.4, -0.2) is 23.1 Å². The van der Waals surface area contributed by atoms with E-state index < -0.39 is 18.5 Å². The summed E-state index contributed by atoms with van der Waals surface area (Å²) in [5.41, 5.74) is 2.68. The van der Waals surface area contributed by atoms with Crippen LogP contribution in [0.1, 0.15) is 22.4 Å². The van der Waals surface area contributed by atoms with Gasteiger partial charge in [-0.25, -0.2) is 0 Å². The highest BCUT2D eigenvalue weighted by Gasteiger charge is 2.23. The maximum Gasteiger partial charge on any atom is 0.326 e. The number of benzene rings is 2. The highest BCUT2D eigenvalue weighted by atomic mass is 32.1. The van der Waals surface area contributed by atoms with Gasteiger partial charge in [-0.1, -0.05) is 24.3 Å². The van der Waals surface area contributed by atoms with Crippen molar-refractivity contribution in [3.8, 4) is 6.07 Å². The summed E-state index contributed by atoms with van der Waals surface area (Å²) in [6.07, 6.45) is 2.79. The number of nitrogens with one attached hydrogen (secondary N) is 1. The van der Waals surface area contributed by atoms with Crippen LogP contribution < -0.4 is 10.7 Å². The highest BCUT2D eigenvalue weighted by Crippen LogP contribution is 2.38. The maximum atomic E-state index is 12.8. The lowest BCUT2D eigenvalue weighted by Gasteiger charge is -2.14. The third-order valence-corrected chi connectivity index (χ3v) is 7.02. The molecular formula is C25H19N3O4S. The molecule has 33 heavy (non-hydrogen) atoms. The molecule has 1 amide bonds. The van der Waals surface area contributed by atoms with Crippen molar-refractivity contribution in [1.29, 1.82) is 5.26 Å². The minimum Gasteiger partial charge on any atom is -0.454 e. The van der Waals surface area contributed by atoms with E-state index in [0.29, 0.717) is 32.4 Å². The molecule has 7 nitrogen and oxygen atoms in total. The van der Waals surface area contributed by atoms with Crippen molar-refractivity contribution in [2.75, 3.05) is 11.9 Å². The van der Waals surface area contributed by atoms with Crippen LogP contribution in [0.25, 0.3) is 21.8 Å². The number of fused-ring (bicyclic) bond motifs is 3. The molecule has 4 aromatic rings. The highest BCUT2D eigenvalue weighted by molar-refractivity contribution is 7.16. The van der Waals surface area contributed by atoms with E-state index in [1.54, 1.807) is 53.1 Å². The summed E-state index contributed by atoms with van der Waals surface area (Å²) < 4.78 is 6.96. The van der Waals surface area contributed by atoms with Crippen molar-refractivity contribution in [1.82, 2.24) is 4.57 Å². The molecule has 1 aliphatic rings. The van der Waals surface area contributed by atoms with Crippen molar-refractivity contribution < 1.29 is 14.3 Å². The quantitative estimate of drug-likeness (QED) is 0.363. The van der Waals surface area contributed by atoms with Gasteiger partial charge in [0.1, 0.15) is 17.6 Å². The number of carbonyl (C=O) groups is 2. The van der Waals surface area contributed by atoms with Gasteiger partial charge < -0.3 is 14.6 Å². The summed E-state index contributed by atoms with van der Waals surface area (Å²) in [5.74, 6) is -1.09. The van der Waals surface area contributed by atoms with Crippen molar-refractivity contribution in [3.63, 3.8) is 0 Å². The van der Waals surface area contributed by atoms with Gasteiger partial charge >= 0.3 is 5.97 Å². The molecule has 2 heterocycles. The predicted octanol–water partition coefficient (Wildman–Crippen LogP) is 3.76. The zero-order chi connectivity index (χ0) is 22.9. The molecule has 0 unspecified atom stereocenters. The topological polar surface area (TPSA) is 101 Å². The van der Waals surface area contributed by atoms with Gasteiger partial charge in [0.2, 0.25) is 0 Å². The Morgan fingerprint density at radius 1 is 1.06 bits per heavy atom. The Labute approximate surface area is 192 Å². The molecule has 2 aromatic heterocycles. The number of esters is 1. The van der Waals surface area contributed by atoms with Gasteiger partial charge in [-0.15, -0.1) is 11.3 Å². The lowest BCUT2D eigenvalue weighted by atomic mass is 10.1. The number of aromatic nitrogens is 1. The van der Waals surface area contributed by atoms with E-state index in [-0.39, 0.29) is 12.0 Å². The standard InChI is InChI=1S/C25H19N3O4S/c26-12-18-15-8-5-11-21(15)33-25(18)27-22(29)14-32-23(30)13-28-19-9-3-1-6-16(19)24(31)17-7-2-4-10-20(17)28/h1-4,6-7,9-10H,5,8,11,13-14H2,(H,27,29). The monoisotopic (exact) mass is 457 g/mol. The second kappa shape index (κ2) is 8.52. The van der Waals surface area contributed by atoms with Gasteiger partial charge in [0, 0.05) is 15.6 Å². The number of hydrogen-bond donors (Lipinski definition) is 1. The van der Waals surface area contributed by atoms with Crippen LogP contribution >= 0.6 is 11.3 Å². The lowest BCUT2D eigenvalue weighted by Crippen LogP contribution is -2.24. The SMILES string of the molecule is N#Cc1c(NC(=O)COC(=O)Cn2c3ccccc3c(=O)c3ccccc32)sc2c1CCC2. The second-order valence-electron chi connectivity index (χ2n) is 7.83. The molecule has 0 aliphatic heterocycles. The van der Waals surface area contributed by atoms with Crippen LogP contribution in [0.4, 0.5) is 5.00 Å². The average molecular weight is 458 g/mol. The summed E-state index contributed by atoms with van der Waals surface area (Å²) >= 11 is 1.41. The van der Waals surface area contributed by atoms with Crippen LogP contribution in [0, 0.1) is 11.3 Å². The molecule has 8 heteroatoms. The number of pyridine rings is 1.